The summed E-state index contributed by atoms with van der Waals surface area (Å²) in [5.41, 5.74) is 10.6. The molecule has 0 spiro atoms. The zero-order valence-electron chi connectivity index (χ0n) is 9.93. The van der Waals surface area contributed by atoms with Crippen LogP contribution in [0.25, 0.3) is 5.69 Å². The Hall–Kier alpha value is -1.65. The molecule has 0 amide bonds. The summed E-state index contributed by atoms with van der Waals surface area (Å²) in [6.07, 6.45) is 1.96. The molecule has 0 atom stereocenters. The average Bonchev–Trinajstić information content (AvgIpc) is 2.87. The minimum Gasteiger partial charge on any atom is -0.326 e. The van der Waals surface area contributed by atoms with Crippen LogP contribution in [-0.2, 0) is 19.6 Å². The van der Waals surface area contributed by atoms with Crippen LogP contribution in [0.15, 0.2) is 30.5 Å². The topological polar surface area (TPSA) is 47.1 Å². The summed E-state index contributed by atoms with van der Waals surface area (Å²) >= 11 is 0. The molecule has 0 saturated heterocycles. The lowest BCUT2D eigenvalue weighted by atomic mass is 10.1. The molecule has 4 nitrogen and oxygen atoms in total. The van der Waals surface area contributed by atoms with Crippen molar-refractivity contribution in [3.63, 3.8) is 0 Å². The van der Waals surface area contributed by atoms with Crippen LogP contribution < -0.4 is 5.73 Å². The average molecular weight is 228 g/mol. The van der Waals surface area contributed by atoms with Crippen LogP contribution >= 0.6 is 0 Å². The van der Waals surface area contributed by atoms with Gasteiger partial charge >= 0.3 is 0 Å². The van der Waals surface area contributed by atoms with Crippen LogP contribution in [0.1, 0.15) is 16.8 Å². The Morgan fingerprint density at radius 3 is 2.94 bits per heavy atom. The fourth-order valence-corrected chi connectivity index (χ4v) is 2.41. The molecule has 17 heavy (non-hydrogen) atoms. The first kappa shape index (κ1) is 10.5. The van der Waals surface area contributed by atoms with E-state index in [1.165, 1.54) is 11.3 Å². The van der Waals surface area contributed by atoms with Crippen LogP contribution in [0.3, 0.4) is 0 Å². The van der Waals surface area contributed by atoms with Crippen molar-refractivity contribution in [2.24, 2.45) is 5.73 Å². The van der Waals surface area contributed by atoms with Crippen molar-refractivity contribution in [3.05, 3.63) is 47.3 Å². The van der Waals surface area contributed by atoms with Crippen LogP contribution in [0, 0.1) is 0 Å². The van der Waals surface area contributed by atoms with Crippen LogP contribution in [0.4, 0.5) is 0 Å². The molecular formula is C13H16N4. The maximum absolute atomic E-state index is 5.78. The first-order valence-electron chi connectivity index (χ1n) is 5.82. The van der Waals surface area contributed by atoms with Gasteiger partial charge in [0.25, 0.3) is 0 Å². The molecule has 88 valence electrons. The van der Waals surface area contributed by atoms with E-state index in [0.29, 0.717) is 6.54 Å². The molecule has 0 fully saturated rings. The highest BCUT2D eigenvalue weighted by Crippen LogP contribution is 2.25. The monoisotopic (exact) mass is 228 g/mol. The van der Waals surface area contributed by atoms with E-state index in [-0.39, 0.29) is 0 Å². The van der Waals surface area contributed by atoms with Gasteiger partial charge in [0, 0.05) is 25.2 Å². The van der Waals surface area contributed by atoms with Crippen LogP contribution in [-0.4, -0.2) is 21.7 Å². The molecular weight excluding hydrogens is 212 g/mol. The third-order valence-corrected chi connectivity index (χ3v) is 3.26. The molecule has 0 saturated carbocycles. The summed E-state index contributed by atoms with van der Waals surface area (Å²) in [6.45, 7) is 2.48. The Morgan fingerprint density at radius 1 is 1.29 bits per heavy atom. The van der Waals surface area contributed by atoms with E-state index in [0.717, 1.165) is 24.3 Å². The van der Waals surface area contributed by atoms with Crippen molar-refractivity contribution in [1.82, 2.24) is 14.7 Å². The third-order valence-electron chi connectivity index (χ3n) is 3.26. The number of para-hydroxylation sites is 1. The lowest BCUT2D eigenvalue weighted by molar-refractivity contribution is 0.346. The second-order valence-electron chi connectivity index (χ2n) is 4.53. The number of rotatable bonds is 2. The Kier molecular flexibility index (Phi) is 2.46. The Morgan fingerprint density at radius 2 is 2.12 bits per heavy atom. The minimum absolute atomic E-state index is 0.542. The third kappa shape index (κ3) is 1.66. The Balaban J connectivity index is 2.11. The lowest BCUT2D eigenvalue weighted by Crippen LogP contribution is -2.12. The molecule has 1 aromatic heterocycles. The summed E-state index contributed by atoms with van der Waals surface area (Å²) in [6, 6.07) is 8.18. The van der Waals surface area contributed by atoms with Crippen molar-refractivity contribution < 1.29 is 0 Å². The highest BCUT2D eigenvalue weighted by Gasteiger charge is 2.21. The van der Waals surface area contributed by atoms with E-state index in [2.05, 4.69) is 29.2 Å². The molecule has 1 aliphatic heterocycles. The first-order valence-corrected chi connectivity index (χ1v) is 5.82. The zero-order chi connectivity index (χ0) is 11.8. The molecule has 2 aromatic rings. The van der Waals surface area contributed by atoms with Gasteiger partial charge < -0.3 is 5.73 Å². The van der Waals surface area contributed by atoms with Gasteiger partial charge in [-0.1, -0.05) is 18.2 Å². The van der Waals surface area contributed by atoms with Crippen molar-refractivity contribution in [3.8, 4) is 5.69 Å². The fourth-order valence-electron chi connectivity index (χ4n) is 2.41. The van der Waals surface area contributed by atoms with Crippen molar-refractivity contribution in [2.75, 3.05) is 7.05 Å². The van der Waals surface area contributed by atoms with Gasteiger partial charge in [-0.3, -0.25) is 4.90 Å². The molecule has 1 aromatic carbocycles. The zero-order valence-corrected chi connectivity index (χ0v) is 9.93. The standard InChI is InChI=1S/C13H16N4/c1-16-8-11-7-15-17(13(11)9-16)12-5-3-2-4-10(12)6-14/h2-5,7H,6,8-9,14H2,1H3. The summed E-state index contributed by atoms with van der Waals surface area (Å²) in [4.78, 5) is 2.29. The minimum atomic E-state index is 0.542. The largest absolute Gasteiger partial charge is 0.326 e. The molecule has 0 aliphatic carbocycles. The predicted molar refractivity (Wildman–Crippen MR) is 66.6 cm³/mol. The van der Waals surface area contributed by atoms with Gasteiger partial charge in [-0.05, 0) is 18.7 Å². The summed E-state index contributed by atoms with van der Waals surface area (Å²) < 4.78 is 2.03. The number of benzene rings is 1. The van der Waals surface area contributed by atoms with Gasteiger partial charge in [0.2, 0.25) is 0 Å². The number of hydrogen-bond donors (Lipinski definition) is 1. The van der Waals surface area contributed by atoms with E-state index < -0.39 is 0 Å². The molecule has 0 bridgehead atoms. The first-order chi connectivity index (χ1) is 8.29. The highest BCUT2D eigenvalue weighted by atomic mass is 15.3. The molecule has 2 heterocycles. The second-order valence-corrected chi connectivity index (χ2v) is 4.53. The van der Waals surface area contributed by atoms with Gasteiger partial charge in [-0.2, -0.15) is 5.10 Å². The fraction of sp³-hybridized carbons (Fsp3) is 0.308. The molecule has 4 heteroatoms. The van der Waals surface area contributed by atoms with E-state index in [4.69, 9.17) is 5.73 Å². The molecule has 2 N–H and O–H groups in total. The predicted octanol–water partition coefficient (Wildman–Crippen LogP) is 1.28. The molecule has 0 unspecified atom stereocenters. The number of fused-ring (bicyclic) bond motifs is 1. The van der Waals surface area contributed by atoms with Crippen molar-refractivity contribution in [1.29, 1.82) is 0 Å². The summed E-state index contributed by atoms with van der Waals surface area (Å²) in [5.74, 6) is 0. The highest BCUT2D eigenvalue weighted by molar-refractivity contribution is 5.43. The molecule has 1 aliphatic rings. The van der Waals surface area contributed by atoms with Gasteiger partial charge in [0.15, 0.2) is 0 Å². The van der Waals surface area contributed by atoms with Gasteiger partial charge in [0.1, 0.15) is 0 Å². The number of hydrogen-bond acceptors (Lipinski definition) is 3. The maximum Gasteiger partial charge on any atom is 0.0694 e. The molecule has 3 rings (SSSR count). The van der Waals surface area contributed by atoms with E-state index in [9.17, 15) is 0 Å². The van der Waals surface area contributed by atoms with Gasteiger partial charge in [-0.15, -0.1) is 0 Å². The second kappa shape index (κ2) is 3.98. The Bertz CT molecular complexity index is 544. The Labute approximate surface area is 101 Å². The smallest absolute Gasteiger partial charge is 0.0694 e. The molecule has 0 radical (unpaired) electrons. The van der Waals surface area contributed by atoms with Crippen molar-refractivity contribution in [2.45, 2.75) is 19.6 Å². The van der Waals surface area contributed by atoms with Crippen LogP contribution in [0.2, 0.25) is 0 Å². The van der Waals surface area contributed by atoms with Gasteiger partial charge in [0.05, 0.1) is 17.6 Å². The van der Waals surface area contributed by atoms with E-state index >= 15 is 0 Å². The number of aromatic nitrogens is 2. The summed E-state index contributed by atoms with van der Waals surface area (Å²) in [5, 5.41) is 4.49. The van der Waals surface area contributed by atoms with E-state index in [1.807, 2.05) is 23.0 Å². The van der Waals surface area contributed by atoms with E-state index in [1.54, 1.807) is 0 Å². The lowest BCUT2D eigenvalue weighted by Gasteiger charge is -2.11. The SMILES string of the molecule is CN1Cc2cnn(-c3ccccc3CN)c2C1. The normalized spacial score (nSPS) is 15.2. The number of nitrogens with two attached hydrogens (primary N) is 1. The summed E-state index contributed by atoms with van der Waals surface area (Å²) in [7, 11) is 2.12. The van der Waals surface area contributed by atoms with Gasteiger partial charge in [-0.25, -0.2) is 4.68 Å². The van der Waals surface area contributed by atoms with Crippen LogP contribution in [0.5, 0.6) is 0 Å². The number of nitrogens with zero attached hydrogens (tertiary/aromatic N) is 3. The maximum atomic E-state index is 5.78. The quantitative estimate of drug-likeness (QED) is 0.842. The van der Waals surface area contributed by atoms with Crippen molar-refractivity contribution >= 4 is 0 Å².